The number of benzene rings is 1. The first-order valence-electron chi connectivity index (χ1n) is 5.43. The molecule has 2 rings (SSSR count). The van der Waals surface area contributed by atoms with E-state index < -0.39 is 16.4 Å². The van der Waals surface area contributed by atoms with E-state index in [2.05, 4.69) is 4.98 Å². The fourth-order valence-corrected chi connectivity index (χ4v) is 1.63. The number of aryl methyl sites for hydroxylation is 1. The number of aromatic nitrogens is 2. The van der Waals surface area contributed by atoms with Crippen molar-refractivity contribution in [1.29, 1.82) is 0 Å². The number of halogens is 1. The molecule has 19 heavy (non-hydrogen) atoms. The Morgan fingerprint density at radius 1 is 1.42 bits per heavy atom. The smallest absolute Gasteiger partial charge is 0.295 e. The minimum atomic E-state index is -0.921. The first-order valence-corrected chi connectivity index (χ1v) is 5.43. The third-order valence-electron chi connectivity index (χ3n) is 2.58. The predicted molar refractivity (Wildman–Crippen MR) is 65.4 cm³/mol. The summed E-state index contributed by atoms with van der Waals surface area (Å²) in [6, 6.07) is 4.90. The van der Waals surface area contributed by atoms with Crippen LogP contribution < -0.4 is 5.56 Å². The molecule has 2 aromatic rings. The minimum absolute atomic E-state index is 0.112. The average Bonchev–Trinajstić information content (AvgIpc) is 2.32. The van der Waals surface area contributed by atoms with Crippen molar-refractivity contribution in [2.45, 2.75) is 13.5 Å². The van der Waals surface area contributed by atoms with Gasteiger partial charge in [-0.15, -0.1) is 0 Å². The van der Waals surface area contributed by atoms with Crippen LogP contribution in [0, 0.1) is 22.9 Å². The first-order chi connectivity index (χ1) is 8.97. The molecule has 0 amide bonds. The number of nitro benzene ring substituents is 1. The van der Waals surface area contributed by atoms with Crippen LogP contribution in [0.5, 0.6) is 0 Å². The van der Waals surface area contributed by atoms with Gasteiger partial charge in [0, 0.05) is 17.8 Å². The van der Waals surface area contributed by atoms with E-state index >= 15 is 0 Å². The molecule has 0 spiro atoms. The van der Waals surface area contributed by atoms with Crippen molar-refractivity contribution in [3.05, 3.63) is 68.1 Å². The second-order valence-corrected chi connectivity index (χ2v) is 4.04. The Morgan fingerprint density at radius 2 is 2.16 bits per heavy atom. The van der Waals surface area contributed by atoms with Crippen LogP contribution in [0.3, 0.4) is 0 Å². The Labute approximate surface area is 107 Å². The van der Waals surface area contributed by atoms with Crippen LogP contribution in [0.2, 0.25) is 0 Å². The lowest BCUT2D eigenvalue weighted by atomic mass is 10.2. The third-order valence-corrected chi connectivity index (χ3v) is 2.58. The zero-order valence-corrected chi connectivity index (χ0v) is 10.0. The van der Waals surface area contributed by atoms with Crippen molar-refractivity contribution >= 4 is 5.69 Å². The maximum absolute atomic E-state index is 13.4. The van der Waals surface area contributed by atoms with Crippen LogP contribution in [0.15, 0.2) is 35.4 Å². The highest BCUT2D eigenvalue weighted by molar-refractivity contribution is 5.35. The Bertz CT molecular complexity index is 697. The van der Waals surface area contributed by atoms with Crippen molar-refractivity contribution in [3.63, 3.8) is 0 Å². The SMILES string of the molecule is Cc1cc(=O)n(Cc2ccc([N+](=O)[O-])c(F)c2)cn1. The van der Waals surface area contributed by atoms with Gasteiger partial charge in [0.15, 0.2) is 0 Å². The predicted octanol–water partition coefficient (Wildman–Crippen LogP) is 1.65. The number of hydrogen-bond donors (Lipinski definition) is 0. The van der Waals surface area contributed by atoms with E-state index in [0.717, 1.165) is 12.1 Å². The van der Waals surface area contributed by atoms with Gasteiger partial charge in [0.05, 0.1) is 17.8 Å². The molecule has 0 saturated heterocycles. The van der Waals surface area contributed by atoms with Crippen molar-refractivity contribution in [2.24, 2.45) is 0 Å². The van der Waals surface area contributed by atoms with Gasteiger partial charge in [0.25, 0.3) is 5.56 Å². The molecular weight excluding hydrogens is 253 g/mol. The number of rotatable bonds is 3. The fraction of sp³-hybridized carbons (Fsp3) is 0.167. The van der Waals surface area contributed by atoms with Gasteiger partial charge in [0.1, 0.15) is 0 Å². The highest BCUT2D eigenvalue weighted by Crippen LogP contribution is 2.18. The van der Waals surface area contributed by atoms with Gasteiger partial charge in [-0.3, -0.25) is 19.5 Å². The summed E-state index contributed by atoms with van der Waals surface area (Å²) in [7, 11) is 0. The summed E-state index contributed by atoms with van der Waals surface area (Å²) in [6.07, 6.45) is 1.36. The van der Waals surface area contributed by atoms with E-state index in [1.165, 1.54) is 23.0 Å². The molecule has 0 aliphatic rings. The summed E-state index contributed by atoms with van der Waals surface area (Å²) in [5.41, 5.74) is 0.205. The Balaban J connectivity index is 2.31. The van der Waals surface area contributed by atoms with Crippen LogP contribution in [0.1, 0.15) is 11.3 Å². The lowest BCUT2D eigenvalue weighted by Gasteiger charge is -2.05. The standard InChI is InChI=1S/C12H10FN3O3/c1-8-4-12(17)15(7-14-8)6-9-2-3-11(16(18)19)10(13)5-9/h2-5,7H,6H2,1H3. The Hall–Kier alpha value is -2.57. The zero-order valence-electron chi connectivity index (χ0n) is 10.0. The van der Waals surface area contributed by atoms with E-state index in [-0.39, 0.29) is 12.1 Å². The molecule has 1 heterocycles. The van der Waals surface area contributed by atoms with Gasteiger partial charge < -0.3 is 0 Å². The van der Waals surface area contributed by atoms with E-state index in [1.54, 1.807) is 6.92 Å². The fourth-order valence-electron chi connectivity index (χ4n) is 1.63. The quantitative estimate of drug-likeness (QED) is 0.623. The van der Waals surface area contributed by atoms with Crippen LogP contribution in [-0.4, -0.2) is 14.5 Å². The Kier molecular flexibility index (Phi) is 3.37. The second-order valence-electron chi connectivity index (χ2n) is 4.04. The van der Waals surface area contributed by atoms with Crippen LogP contribution >= 0.6 is 0 Å². The van der Waals surface area contributed by atoms with Crippen LogP contribution in [0.4, 0.5) is 10.1 Å². The van der Waals surface area contributed by atoms with Crippen LogP contribution in [-0.2, 0) is 6.54 Å². The number of hydrogen-bond acceptors (Lipinski definition) is 4. The topological polar surface area (TPSA) is 78.0 Å². The molecule has 1 aromatic carbocycles. The highest BCUT2D eigenvalue weighted by Gasteiger charge is 2.13. The van der Waals surface area contributed by atoms with Crippen LogP contribution in [0.25, 0.3) is 0 Å². The molecule has 0 unspecified atom stereocenters. The maximum atomic E-state index is 13.4. The van der Waals surface area contributed by atoms with Crippen molar-refractivity contribution in [1.82, 2.24) is 9.55 Å². The van der Waals surface area contributed by atoms with Gasteiger partial charge in [-0.05, 0) is 18.6 Å². The van der Waals surface area contributed by atoms with Crippen molar-refractivity contribution < 1.29 is 9.31 Å². The average molecular weight is 263 g/mol. The largest absolute Gasteiger partial charge is 0.304 e. The summed E-state index contributed by atoms with van der Waals surface area (Å²) in [5.74, 6) is -0.921. The molecule has 1 aromatic heterocycles. The van der Waals surface area contributed by atoms with Crippen molar-refractivity contribution in [2.75, 3.05) is 0 Å². The first kappa shape index (κ1) is 12.9. The van der Waals surface area contributed by atoms with Gasteiger partial charge in [-0.1, -0.05) is 6.07 Å². The summed E-state index contributed by atoms with van der Waals surface area (Å²) < 4.78 is 14.7. The lowest BCUT2D eigenvalue weighted by Crippen LogP contribution is -2.20. The van der Waals surface area contributed by atoms with E-state index in [9.17, 15) is 19.3 Å². The van der Waals surface area contributed by atoms with Gasteiger partial charge in [-0.2, -0.15) is 4.39 Å². The molecule has 0 fully saturated rings. The summed E-state index contributed by atoms with van der Waals surface area (Å²) in [4.78, 5) is 25.3. The number of nitro groups is 1. The highest BCUT2D eigenvalue weighted by atomic mass is 19.1. The molecule has 0 saturated carbocycles. The van der Waals surface area contributed by atoms with Gasteiger partial charge in [0.2, 0.25) is 5.82 Å². The molecule has 98 valence electrons. The lowest BCUT2D eigenvalue weighted by molar-refractivity contribution is -0.387. The summed E-state index contributed by atoms with van der Waals surface area (Å²) in [5, 5.41) is 10.5. The zero-order chi connectivity index (χ0) is 14.0. The molecule has 6 nitrogen and oxygen atoms in total. The number of nitrogens with zero attached hydrogens (tertiary/aromatic N) is 3. The molecule has 0 radical (unpaired) electrons. The molecular formula is C12H10FN3O3. The summed E-state index contributed by atoms with van der Waals surface area (Å²) in [6.45, 7) is 1.80. The molecule has 0 N–H and O–H groups in total. The molecule has 0 bridgehead atoms. The van der Waals surface area contributed by atoms with Crippen molar-refractivity contribution in [3.8, 4) is 0 Å². The summed E-state index contributed by atoms with van der Waals surface area (Å²) >= 11 is 0. The second kappa shape index (κ2) is 4.97. The Morgan fingerprint density at radius 3 is 2.74 bits per heavy atom. The molecule has 0 aliphatic heterocycles. The van der Waals surface area contributed by atoms with E-state index in [1.807, 2.05) is 0 Å². The van der Waals surface area contributed by atoms with Gasteiger partial charge in [-0.25, -0.2) is 4.98 Å². The maximum Gasteiger partial charge on any atom is 0.304 e. The molecule has 0 aliphatic carbocycles. The monoisotopic (exact) mass is 263 g/mol. The third kappa shape index (κ3) is 2.82. The molecule has 0 atom stereocenters. The minimum Gasteiger partial charge on any atom is -0.295 e. The van der Waals surface area contributed by atoms with Gasteiger partial charge >= 0.3 is 5.69 Å². The normalized spacial score (nSPS) is 10.4. The molecule has 7 heteroatoms. The van der Waals surface area contributed by atoms with E-state index in [4.69, 9.17) is 0 Å². The van der Waals surface area contributed by atoms with E-state index in [0.29, 0.717) is 11.3 Å².